The molecule has 0 spiro atoms. The van der Waals surface area contributed by atoms with Crippen LogP contribution in [0.1, 0.15) is 56.7 Å². The number of carbonyl (C=O) groups is 2. The van der Waals surface area contributed by atoms with E-state index in [-0.39, 0.29) is 42.9 Å². The molecule has 0 aliphatic rings. The van der Waals surface area contributed by atoms with Crippen LogP contribution in [0.5, 0.6) is 0 Å². The van der Waals surface area contributed by atoms with Gasteiger partial charge in [-0.1, -0.05) is 26.0 Å². The first kappa shape index (κ1) is 36.0. The van der Waals surface area contributed by atoms with Crippen molar-refractivity contribution in [3.8, 4) is 11.3 Å². The standard InChI is InChI=1S/C28H40FN7O7S/c1-16(2)24-21(25(17-7-9-18(29)10-8-17)35-28(34-24)36(3)44(4,42)43)12-11-19(37)14-20(38)15-23(39)33-22(26(40)41)6-5-13-32-27(30)31/h7-12,16,19-20,22,37-38H,5-6,13-15H2,1-4H3,(H,33,39)(H,40,41)(H4,30,31,32)/b12-11+/t19-,20+,22?/m0/s1. The van der Waals surface area contributed by atoms with Crippen LogP contribution < -0.4 is 20.7 Å². The van der Waals surface area contributed by atoms with Crippen LogP contribution in [0.4, 0.5) is 10.3 Å². The molecule has 0 saturated carbocycles. The number of nitrogens with two attached hydrogens (primary N) is 1. The van der Waals surface area contributed by atoms with Gasteiger partial charge in [-0.15, -0.1) is 0 Å². The highest BCUT2D eigenvalue weighted by Gasteiger charge is 2.24. The fourth-order valence-corrected chi connectivity index (χ4v) is 4.48. The Labute approximate surface area is 255 Å². The van der Waals surface area contributed by atoms with Crippen LogP contribution in [0.15, 0.2) is 30.3 Å². The van der Waals surface area contributed by atoms with Crippen molar-refractivity contribution in [2.75, 3.05) is 24.2 Å². The summed E-state index contributed by atoms with van der Waals surface area (Å²) in [7, 11) is -2.40. The second kappa shape index (κ2) is 16.1. The summed E-state index contributed by atoms with van der Waals surface area (Å²) in [5.41, 5.74) is 6.82. The molecule has 1 aromatic heterocycles. The molecule has 1 aromatic carbocycles. The van der Waals surface area contributed by atoms with Gasteiger partial charge in [-0.05, 0) is 43.0 Å². The Balaban J connectivity index is 2.24. The van der Waals surface area contributed by atoms with Crippen molar-refractivity contribution in [1.82, 2.24) is 20.6 Å². The van der Waals surface area contributed by atoms with Crippen molar-refractivity contribution in [2.24, 2.45) is 5.73 Å². The summed E-state index contributed by atoms with van der Waals surface area (Å²) in [4.78, 5) is 32.8. The van der Waals surface area contributed by atoms with Crippen molar-refractivity contribution < 1.29 is 37.7 Å². The Morgan fingerprint density at radius 1 is 1.18 bits per heavy atom. The smallest absolute Gasteiger partial charge is 0.326 e. The van der Waals surface area contributed by atoms with Crippen molar-refractivity contribution >= 4 is 39.9 Å². The number of hydrogen-bond acceptors (Lipinski definition) is 9. The average Bonchev–Trinajstić information content (AvgIpc) is 2.92. The summed E-state index contributed by atoms with van der Waals surface area (Å²) in [6.45, 7) is 3.92. The second-order valence-corrected chi connectivity index (χ2v) is 12.5. The molecule has 16 heteroatoms. The monoisotopic (exact) mass is 637 g/mol. The molecule has 2 aromatic rings. The molecule has 0 fully saturated rings. The van der Waals surface area contributed by atoms with Crippen LogP contribution in [0.2, 0.25) is 0 Å². The predicted octanol–water partition coefficient (Wildman–Crippen LogP) is 1.15. The van der Waals surface area contributed by atoms with Gasteiger partial charge in [-0.2, -0.15) is 0 Å². The Kier molecular flexibility index (Phi) is 13.2. The van der Waals surface area contributed by atoms with E-state index in [0.29, 0.717) is 23.2 Å². The molecule has 1 unspecified atom stereocenters. The van der Waals surface area contributed by atoms with Gasteiger partial charge in [0.15, 0.2) is 5.96 Å². The molecular formula is C28H40FN7O7S. The quantitative estimate of drug-likeness (QED) is 0.0784. The highest BCUT2D eigenvalue weighted by atomic mass is 32.2. The number of hydrogen-bond donors (Lipinski definition) is 7. The first-order valence-electron chi connectivity index (χ1n) is 13.8. The van der Waals surface area contributed by atoms with Crippen molar-refractivity contribution in [2.45, 2.75) is 63.7 Å². The van der Waals surface area contributed by atoms with Gasteiger partial charge >= 0.3 is 5.97 Å². The van der Waals surface area contributed by atoms with Gasteiger partial charge in [-0.25, -0.2) is 31.9 Å². The van der Waals surface area contributed by atoms with Crippen LogP contribution in [-0.4, -0.2) is 89.6 Å². The predicted molar refractivity (Wildman–Crippen MR) is 164 cm³/mol. The molecule has 44 heavy (non-hydrogen) atoms. The number of aliphatic hydroxyl groups excluding tert-OH is 2. The number of nitrogens with zero attached hydrogens (tertiary/aromatic N) is 3. The second-order valence-electron chi connectivity index (χ2n) is 10.5. The van der Waals surface area contributed by atoms with Crippen LogP contribution >= 0.6 is 0 Å². The maximum absolute atomic E-state index is 13.7. The van der Waals surface area contributed by atoms with E-state index in [9.17, 15) is 37.7 Å². The van der Waals surface area contributed by atoms with E-state index in [0.717, 1.165) is 10.6 Å². The summed E-state index contributed by atoms with van der Waals surface area (Å²) in [6, 6.07) is 4.21. The van der Waals surface area contributed by atoms with Crippen LogP contribution in [-0.2, 0) is 19.6 Å². The lowest BCUT2D eigenvalue weighted by molar-refractivity contribution is -0.142. The molecule has 0 saturated heterocycles. The number of carboxylic acid groups (broad SMARTS) is 1. The molecule has 3 atom stereocenters. The molecule has 0 radical (unpaired) electrons. The van der Waals surface area contributed by atoms with Crippen molar-refractivity contribution in [3.05, 3.63) is 47.4 Å². The summed E-state index contributed by atoms with van der Waals surface area (Å²) in [5, 5.41) is 42.4. The zero-order valence-corrected chi connectivity index (χ0v) is 25.8. The van der Waals surface area contributed by atoms with E-state index in [1.54, 1.807) is 0 Å². The first-order valence-corrected chi connectivity index (χ1v) is 15.6. The molecular weight excluding hydrogens is 597 g/mol. The normalized spacial score (nSPS) is 13.8. The molecule has 0 bridgehead atoms. The number of carboxylic acids is 1. The number of aliphatic carboxylic acids is 1. The molecule has 1 amide bonds. The zero-order valence-electron chi connectivity index (χ0n) is 25.0. The molecule has 8 N–H and O–H groups in total. The summed E-state index contributed by atoms with van der Waals surface area (Å²) < 4.78 is 39.0. The highest BCUT2D eigenvalue weighted by Crippen LogP contribution is 2.31. The van der Waals surface area contributed by atoms with Gasteiger partial charge in [0.1, 0.15) is 11.9 Å². The third-order valence-corrected chi connectivity index (χ3v) is 7.60. The maximum Gasteiger partial charge on any atom is 0.326 e. The fourth-order valence-electron chi connectivity index (χ4n) is 4.10. The molecule has 242 valence electrons. The molecule has 0 aliphatic heterocycles. The van der Waals surface area contributed by atoms with Gasteiger partial charge in [0, 0.05) is 31.1 Å². The number of carbonyl (C=O) groups excluding carboxylic acids is 1. The third kappa shape index (κ3) is 11.2. The van der Waals surface area contributed by atoms with Crippen LogP contribution in [0, 0.1) is 11.2 Å². The SMILES string of the molecule is CC(C)c1nc(N(C)S(C)(=O)=O)nc(-c2ccc(F)cc2)c1/C=C/[C@H](O)C[C@@H](O)CC(=O)NC(CCCNC(=N)N)C(=O)O. The van der Waals surface area contributed by atoms with Crippen LogP contribution in [0.25, 0.3) is 17.3 Å². The fraction of sp³-hybridized carbons (Fsp3) is 0.464. The number of halogens is 1. The van der Waals surface area contributed by atoms with E-state index in [1.807, 2.05) is 13.8 Å². The lowest BCUT2D eigenvalue weighted by Crippen LogP contribution is -2.42. The molecule has 1 heterocycles. The van der Waals surface area contributed by atoms with Gasteiger partial charge in [0.05, 0.1) is 36.3 Å². The number of rotatable bonds is 16. The lowest BCUT2D eigenvalue weighted by Gasteiger charge is -2.20. The number of sulfonamides is 1. The van der Waals surface area contributed by atoms with Gasteiger partial charge < -0.3 is 31.7 Å². The summed E-state index contributed by atoms with van der Waals surface area (Å²) in [5.74, 6) is -3.04. The minimum absolute atomic E-state index is 0.0677. The average molecular weight is 638 g/mol. The van der Waals surface area contributed by atoms with E-state index < -0.39 is 52.4 Å². The third-order valence-electron chi connectivity index (χ3n) is 6.44. The van der Waals surface area contributed by atoms with E-state index in [1.165, 1.54) is 43.5 Å². The molecule has 2 rings (SSSR count). The lowest BCUT2D eigenvalue weighted by atomic mass is 9.97. The van der Waals surface area contributed by atoms with Crippen molar-refractivity contribution in [1.29, 1.82) is 5.41 Å². The van der Waals surface area contributed by atoms with E-state index >= 15 is 0 Å². The molecule has 0 aliphatic carbocycles. The Hall–Kier alpha value is -4.15. The zero-order chi connectivity index (χ0) is 33.2. The van der Waals surface area contributed by atoms with E-state index in [4.69, 9.17) is 11.1 Å². The Morgan fingerprint density at radius 2 is 1.82 bits per heavy atom. The number of amides is 1. The largest absolute Gasteiger partial charge is 0.480 e. The highest BCUT2D eigenvalue weighted by molar-refractivity contribution is 7.92. The number of aliphatic hydroxyl groups is 2. The maximum atomic E-state index is 13.7. The number of benzene rings is 1. The van der Waals surface area contributed by atoms with Gasteiger partial charge in [-0.3, -0.25) is 10.2 Å². The summed E-state index contributed by atoms with van der Waals surface area (Å²) in [6.07, 6.45) is 0.989. The first-order chi connectivity index (χ1) is 20.5. The molecule has 14 nitrogen and oxygen atoms in total. The van der Waals surface area contributed by atoms with Gasteiger partial charge in [0.25, 0.3) is 0 Å². The minimum atomic E-state index is -3.71. The summed E-state index contributed by atoms with van der Waals surface area (Å²) >= 11 is 0. The number of nitrogens with one attached hydrogen (secondary N) is 3. The van der Waals surface area contributed by atoms with E-state index in [2.05, 4.69) is 20.6 Å². The number of aromatic nitrogens is 2. The Morgan fingerprint density at radius 3 is 2.36 bits per heavy atom. The number of guanidine groups is 1. The Bertz CT molecular complexity index is 1450. The van der Waals surface area contributed by atoms with Gasteiger partial charge in [0.2, 0.25) is 21.9 Å². The minimum Gasteiger partial charge on any atom is -0.480 e. The topological polar surface area (TPSA) is 232 Å². The number of anilines is 1. The van der Waals surface area contributed by atoms with Crippen molar-refractivity contribution in [3.63, 3.8) is 0 Å². The van der Waals surface area contributed by atoms with Crippen LogP contribution in [0.3, 0.4) is 0 Å².